The third-order valence-corrected chi connectivity index (χ3v) is 6.82. The molecule has 1 aromatic heterocycles. The van der Waals surface area contributed by atoms with E-state index in [0.29, 0.717) is 28.0 Å². The highest BCUT2D eigenvalue weighted by Crippen LogP contribution is 2.34. The summed E-state index contributed by atoms with van der Waals surface area (Å²) in [7, 11) is 0. The minimum atomic E-state index is -4.42. The summed E-state index contributed by atoms with van der Waals surface area (Å²) in [5, 5.41) is 2.80. The second-order valence-electron chi connectivity index (χ2n) is 8.39. The van der Waals surface area contributed by atoms with Gasteiger partial charge >= 0.3 is 12.1 Å². The third kappa shape index (κ3) is 6.23. The van der Waals surface area contributed by atoms with Gasteiger partial charge in [-0.05, 0) is 55.5 Å². The average molecular weight is 513 g/mol. The molecule has 4 nitrogen and oxygen atoms in total. The summed E-state index contributed by atoms with van der Waals surface area (Å²) in [6.45, 7) is 3.84. The van der Waals surface area contributed by atoms with Gasteiger partial charge in [0.1, 0.15) is 0 Å². The van der Waals surface area contributed by atoms with Gasteiger partial charge < -0.3 is 9.64 Å². The number of anilines is 1. The van der Waals surface area contributed by atoms with Crippen molar-refractivity contribution in [2.75, 3.05) is 24.6 Å². The van der Waals surface area contributed by atoms with Crippen LogP contribution in [0.1, 0.15) is 48.6 Å². The van der Waals surface area contributed by atoms with E-state index in [1.165, 1.54) is 29.9 Å². The highest BCUT2D eigenvalue weighted by Gasteiger charge is 2.30. The van der Waals surface area contributed by atoms with Crippen molar-refractivity contribution < 1.29 is 22.7 Å². The van der Waals surface area contributed by atoms with Crippen LogP contribution in [0, 0.1) is 0 Å². The molecule has 0 spiro atoms. The Morgan fingerprint density at radius 2 is 1.69 bits per heavy atom. The number of piperidine rings is 1. The zero-order chi connectivity index (χ0) is 25.5. The summed E-state index contributed by atoms with van der Waals surface area (Å²) in [6, 6.07) is 14.1. The van der Waals surface area contributed by atoms with E-state index < -0.39 is 17.7 Å². The lowest BCUT2D eigenvalue weighted by Crippen LogP contribution is -2.29. The number of rotatable bonds is 7. The minimum Gasteiger partial charge on any atom is -0.462 e. The Hall–Kier alpha value is -3.39. The first-order valence-corrected chi connectivity index (χ1v) is 12.8. The molecule has 2 heterocycles. The van der Waals surface area contributed by atoms with E-state index in [4.69, 9.17) is 9.72 Å². The number of hydrogen-bond donors (Lipinski definition) is 0. The molecule has 0 aliphatic carbocycles. The van der Waals surface area contributed by atoms with Crippen molar-refractivity contribution >= 4 is 33.6 Å². The van der Waals surface area contributed by atoms with Crippen molar-refractivity contribution in [3.63, 3.8) is 0 Å². The largest absolute Gasteiger partial charge is 0.462 e. The first kappa shape index (κ1) is 25.7. The molecule has 1 saturated heterocycles. The molecular formula is C28H27F3N2O2S. The van der Waals surface area contributed by atoms with Gasteiger partial charge in [-0.15, -0.1) is 11.3 Å². The van der Waals surface area contributed by atoms with Gasteiger partial charge in [-0.25, -0.2) is 9.78 Å². The van der Waals surface area contributed by atoms with Gasteiger partial charge in [-0.1, -0.05) is 48.5 Å². The summed E-state index contributed by atoms with van der Waals surface area (Å²) in [5.74, 6) is -0.473. The van der Waals surface area contributed by atoms with E-state index in [9.17, 15) is 18.0 Å². The summed E-state index contributed by atoms with van der Waals surface area (Å²) in [4.78, 5) is 19.8. The van der Waals surface area contributed by atoms with Gasteiger partial charge in [0.05, 0.1) is 23.4 Å². The molecule has 0 N–H and O–H groups in total. The second kappa shape index (κ2) is 11.6. The summed E-state index contributed by atoms with van der Waals surface area (Å²) >= 11 is 1.51. The molecule has 1 aliphatic rings. The Morgan fingerprint density at radius 3 is 2.33 bits per heavy atom. The zero-order valence-corrected chi connectivity index (χ0v) is 20.7. The van der Waals surface area contributed by atoms with Crippen LogP contribution < -0.4 is 4.90 Å². The molecule has 0 atom stereocenters. The molecule has 0 bridgehead atoms. The fourth-order valence-corrected chi connectivity index (χ4v) is 4.94. The van der Waals surface area contributed by atoms with Crippen LogP contribution in [0.15, 0.2) is 72.1 Å². The van der Waals surface area contributed by atoms with Crippen molar-refractivity contribution in [2.24, 2.45) is 0 Å². The third-order valence-electron chi connectivity index (χ3n) is 5.91. The maximum Gasteiger partial charge on any atom is 0.416 e. The Balaban J connectivity index is 1.78. The van der Waals surface area contributed by atoms with E-state index in [-0.39, 0.29) is 6.61 Å². The zero-order valence-electron chi connectivity index (χ0n) is 19.9. The van der Waals surface area contributed by atoms with Gasteiger partial charge in [0.25, 0.3) is 0 Å². The van der Waals surface area contributed by atoms with E-state index in [1.54, 1.807) is 19.1 Å². The molecule has 0 radical (unpaired) electrons. The number of thiazole rings is 1. The standard InChI is InChI=1S/C28H27F3N2O2S/c1-2-35-26(34)24(20-9-5-3-6-10-20)16-15-23(21-11-13-22(14-12-21)28(29,30)31)25-19-36-27(32-25)33-17-7-4-8-18-33/h3,5-6,9-16,19H,2,4,7-8,17-18H2,1H3. The SMILES string of the molecule is CCOC(=O)C(=CC=C(c1ccc(C(F)(F)F)cc1)c1csc(N2CCCCC2)n1)c1ccccc1. The van der Waals surface area contributed by atoms with E-state index in [2.05, 4.69) is 4.90 Å². The lowest BCUT2D eigenvalue weighted by Gasteiger charge is -2.25. The number of aromatic nitrogens is 1. The highest BCUT2D eigenvalue weighted by molar-refractivity contribution is 7.13. The van der Waals surface area contributed by atoms with Crippen molar-refractivity contribution in [2.45, 2.75) is 32.4 Å². The van der Waals surface area contributed by atoms with Gasteiger partial charge in [-0.2, -0.15) is 13.2 Å². The van der Waals surface area contributed by atoms with Crippen LogP contribution in [0.2, 0.25) is 0 Å². The summed E-state index contributed by atoms with van der Waals surface area (Å²) < 4.78 is 44.7. The van der Waals surface area contributed by atoms with Gasteiger partial charge in [0.15, 0.2) is 5.13 Å². The van der Waals surface area contributed by atoms with Crippen molar-refractivity contribution in [1.29, 1.82) is 0 Å². The van der Waals surface area contributed by atoms with Crippen LogP contribution in [0.25, 0.3) is 11.1 Å². The predicted molar refractivity (Wildman–Crippen MR) is 138 cm³/mol. The number of nitrogens with zero attached hydrogens (tertiary/aromatic N) is 2. The Labute approximate surface area is 212 Å². The van der Waals surface area contributed by atoms with E-state index >= 15 is 0 Å². The molecule has 36 heavy (non-hydrogen) atoms. The van der Waals surface area contributed by atoms with Crippen LogP contribution in [0.4, 0.5) is 18.3 Å². The number of halogens is 3. The molecule has 0 saturated carbocycles. The van der Waals surface area contributed by atoms with Crippen molar-refractivity contribution in [1.82, 2.24) is 4.98 Å². The van der Waals surface area contributed by atoms with Crippen LogP contribution in [0.5, 0.6) is 0 Å². The number of carbonyl (C=O) groups is 1. The Kier molecular flexibility index (Phi) is 8.25. The molecule has 0 amide bonds. The first-order chi connectivity index (χ1) is 17.4. The highest BCUT2D eigenvalue weighted by atomic mass is 32.1. The maximum absolute atomic E-state index is 13.2. The van der Waals surface area contributed by atoms with Crippen molar-refractivity contribution in [3.05, 3.63) is 94.5 Å². The number of ether oxygens (including phenoxy) is 1. The number of benzene rings is 2. The number of allylic oxidation sites excluding steroid dienone is 2. The first-order valence-electron chi connectivity index (χ1n) is 11.9. The number of hydrogen-bond acceptors (Lipinski definition) is 5. The van der Waals surface area contributed by atoms with Crippen LogP contribution in [-0.4, -0.2) is 30.6 Å². The second-order valence-corrected chi connectivity index (χ2v) is 9.22. The lowest BCUT2D eigenvalue weighted by molar-refractivity contribution is -0.138. The maximum atomic E-state index is 13.2. The number of carbonyl (C=O) groups excluding carboxylic acids is 1. The molecule has 0 unspecified atom stereocenters. The molecule has 188 valence electrons. The normalized spacial score (nSPS) is 15.2. The average Bonchev–Trinajstić information content (AvgIpc) is 3.37. The molecule has 3 aromatic rings. The molecule has 8 heteroatoms. The fourth-order valence-electron chi connectivity index (χ4n) is 4.06. The van der Waals surface area contributed by atoms with Gasteiger partial charge in [0, 0.05) is 24.0 Å². The molecule has 1 aliphatic heterocycles. The molecule has 4 rings (SSSR count). The Morgan fingerprint density at radius 1 is 1.00 bits per heavy atom. The molecule has 1 fully saturated rings. The van der Waals surface area contributed by atoms with Crippen LogP contribution in [-0.2, 0) is 15.7 Å². The smallest absolute Gasteiger partial charge is 0.416 e. The van der Waals surface area contributed by atoms with Gasteiger partial charge in [0.2, 0.25) is 0 Å². The summed E-state index contributed by atoms with van der Waals surface area (Å²) in [6.07, 6.45) is 2.39. The monoisotopic (exact) mass is 512 g/mol. The van der Waals surface area contributed by atoms with Crippen molar-refractivity contribution in [3.8, 4) is 0 Å². The lowest BCUT2D eigenvalue weighted by atomic mass is 9.99. The fraction of sp³-hybridized carbons (Fsp3) is 0.286. The number of alkyl halides is 3. The summed E-state index contributed by atoms with van der Waals surface area (Å²) in [5.41, 5.74) is 2.17. The quantitative estimate of drug-likeness (QED) is 0.190. The van der Waals surface area contributed by atoms with Crippen LogP contribution >= 0.6 is 11.3 Å². The molecular weight excluding hydrogens is 485 g/mol. The van der Waals surface area contributed by atoms with Crippen LogP contribution in [0.3, 0.4) is 0 Å². The van der Waals surface area contributed by atoms with Gasteiger partial charge in [-0.3, -0.25) is 0 Å². The minimum absolute atomic E-state index is 0.226. The van der Waals surface area contributed by atoms with E-state index in [1.807, 2.05) is 35.7 Å². The van der Waals surface area contributed by atoms with E-state index in [0.717, 1.165) is 43.2 Å². The molecule has 2 aromatic carbocycles. The predicted octanol–water partition coefficient (Wildman–Crippen LogP) is 7.23. The number of esters is 1. The topological polar surface area (TPSA) is 42.4 Å². The Bertz CT molecular complexity index is 1230.